The van der Waals surface area contributed by atoms with Crippen molar-refractivity contribution in [2.24, 2.45) is 5.73 Å². The van der Waals surface area contributed by atoms with E-state index < -0.39 is 0 Å². The van der Waals surface area contributed by atoms with Gasteiger partial charge in [0.1, 0.15) is 6.10 Å². The van der Waals surface area contributed by atoms with Crippen molar-refractivity contribution in [3.05, 3.63) is 29.8 Å². The van der Waals surface area contributed by atoms with Gasteiger partial charge in [-0.15, -0.1) is 12.4 Å². The summed E-state index contributed by atoms with van der Waals surface area (Å²) in [7, 11) is 1.61. The third-order valence-electron chi connectivity index (χ3n) is 4.67. The van der Waals surface area contributed by atoms with Gasteiger partial charge >= 0.3 is 6.09 Å². The normalized spacial score (nSPS) is 27.5. The van der Waals surface area contributed by atoms with Gasteiger partial charge in [0.2, 0.25) is 0 Å². The first-order chi connectivity index (χ1) is 10.7. The summed E-state index contributed by atoms with van der Waals surface area (Å²) in [6, 6.07) is 8.66. The molecule has 6 heteroatoms. The van der Waals surface area contributed by atoms with Crippen molar-refractivity contribution in [1.29, 1.82) is 0 Å². The van der Waals surface area contributed by atoms with Crippen molar-refractivity contribution in [3.63, 3.8) is 0 Å². The molecule has 1 aromatic rings. The van der Waals surface area contributed by atoms with Crippen molar-refractivity contribution in [2.75, 3.05) is 25.2 Å². The Morgan fingerprint density at radius 3 is 2.48 bits per heavy atom. The SMILES string of the molecule is COCC1CN(c2ccc(C3CCC(N)CC3)cc2)C(=O)O1.Cl. The molecule has 128 valence electrons. The minimum Gasteiger partial charge on any atom is -0.441 e. The number of carbonyl (C=O) groups is 1. The highest BCUT2D eigenvalue weighted by molar-refractivity contribution is 5.89. The number of rotatable bonds is 4. The maximum absolute atomic E-state index is 11.9. The molecule has 0 radical (unpaired) electrons. The monoisotopic (exact) mass is 340 g/mol. The highest BCUT2D eigenvalue weighted by atomic mass is 35.5. The van der Waals surface area contributed by atoms with Crippen LogP contribution in [0.15, 0.2) is 24.3 Å². The fourth-order valence-electron chi connectivity index (χ4n) is 3.38. The number of carbonyl (C=O) groups excluding carboxylic acids is 1. The van der Waals surface area contributed by atoms with Gasteiger partial charge in [0, 0.05) is 18.8 Å². The van der Waals surface area contributed by atoms with Crippen LogP contribution in [0, 0.1) is 0 Å². The molecule has 1 aromatic carbocycles. The fraction of sp³-hybridized carbons (Fsp3) is 0.588. The first kappa shape index (κ1) is 18.0. The molecule has 1 heterocycles. The minimum absolute atomic E-state index is 0. The second-order valence-electron chi connectivity index (χ2n) is 6.27. The van der Waals surface area contributed by atoms with Gasteiger partial charge in [0.15, 0.2) is 0 Å². The molecule has 1 amide bonds. The fourth-order valence-corrected chi connectivity index (χ4v) is 3.38. The standard InChI is InChI=1S/C17H24N2O3.ClH/c1-21-11-16-10-19(17(20)22-16)15-8-4-13(5-9-15)12-2-6-14(18)7-3-12;/h4-5,8-9,12,14,16H,2-3,6-7,10-11,18H2,1H3;1H. The lowest BCUT2D eigenvalue weighted by Gasteiger charge is -2.26. The number of hydrogen-bond donors (Lipinski definition) is 1. The second-order valence-corrected chi connectivity index (χ2v) is 6.27. The molecule has 1 aliphatic heterocycles. The minimum atomic E-state index is -0.293. The lowest BCUT2D eigenvalue weighted by atomic mass is 9.82. The van der Waals surface area contributed by atoms with E-state index in [9.17, 15) is 4.79 Å². The van der Waals surface area contributed by atoms with E-state index in [1.807, 2.05) is 12.1 Å². The summed E-state index contributed by atoms with van der Waals surface area (Å²) in [6.07, 6.45) is 4.03. The molecule has 0 spiro atoms. The Hall–Kier alpha value is -1.30. The molecule has 5 nitrogen and oxygen atoms in total. The molecule has 1 aliphatic carbocycles. The number of anilines is 1. The van der Waals surface area contributed by atoms with E-state index >= 15 is 0 Å². The Morgan fingerprint density at radius 2 is 1.87 bits per heavy atom. The van der Waals surface area contributed by atoms with Gasteiger partial charge in [0.25, 0.3) is 0 Å². The number of cyclic esters (lactones) is 1. The third kappa shape index (κ3) is 4.16. The molecule has 23 heavy (non-hydrogen) atoms. The molecule has 0 aromatic heterocycles. The molecule has 1 atom stereocenters. The zero-order valence-electron chi connectivity index (χ0n) is 13.4. The Kier molecular flexibility index (Phi) is 6.27. The van der Waals surface area contributed by atoms with Crippen LogP contribution in [0.5, 0.6) is 0 Å². The highest BCUT2D eigenvalue weighted by Gasteiger charge is 2.32. The van der Waals surface area contributed by atoms with E-state index in [4.69, 9.17) is 15.2 Å². The zero-order valence-corrected chi connectivity index (χ0v) is 14.3. The van der Waals surface area contributed by atoms with Crippen molar-refractivity contribution in [1.82, 2.24) is 0 Å². The van der Waals surface area contributed by atoms with Crippen molar-refractivity contribution in [2.45, 2.75) is 43.7 Å². The Bertz CT molecular complexity index is 515. The topological polar surface area (TPSA) is 64.8 Å². The Labute approximate surface area is 143 Å². The summed E-state index contributed by atoms with van der Waals surface area (Å²) < 4.78 is 10.3. The lowest BCUT2D eigenvalue weighted by molar-refractivity contribution is 0.0718. The van der Waals surface area contributed by atoms with Crippen molar-refractivity contribution >= 4 is 24.2 Å². The molecule has 2 N–H and O–H groups in total. The van der Waals surface area contributed by atoms with Gasteiger partial charge in [-0.25, -0.2) is 4.79 Å². The molecule has 2 aliphatic rings. The van der Waals surface area contributed by atoms with Gasteiger partial charge in [0.05, 0.1) is 13.2 Å². The number of benzene rings is 1. The molecule has 2 fully saturated rings. The van der Waals surface area contributed by atoms with Crippen LogP contribution in [-0.2, 0) is 9.47 Å². The maximum Gasteiger partial charge on any atom is 0.414 e. The van der Waals surface area contributed by atoms with Crippen LogP contribution in [0.4, 0.5) is 10.5 Å². The molecular weight excluding hydrogens is 316 g/mol. The van der Waals surface area contributed by atoms with Crippen LogP contribution < -0.4 is 10.6 Å². The van der Waals surface area contributed by atoms with Gasteiger partial charge < -0.3 is 15.2 Å². The molecule has 1 saturated carbocycles. The van der Waals surface area contributed by atoms with E-state index in [-0.39, 0.29) is 24.6 Å². The number of ether oxygens (including phenoxy) is 2. The summed E-state index contributed by atoms with van der Waals surface area (Å²) in [5.74, 6) is 0.598. The van der Waals surface area contributed by atoms with Gasteiger partial charge in [-0.3, -0.25) is 4.90 Å². The zero-order chi connectivity index (χ0) is 15.5. The van der Waals surface area contributed by atoms with Gasteiger partial charge in [-0.1, -0.05) is 12.1 Å². The summed E-state index contributed by atoms with van der Waals surface area (Å²) in [5.41, 5.74) is 8.20. The molecule has 0 bridgehead atoms. The van der Waals surface area contributed by atoms with E-state index in [0.29, 0.717) is 25.1 Å². The van der Waals surface area contributed by atoms with Crippen molar-refractivity contribution in [3.8, 4) is 0 Å². The molecule has 1 saturated heterocycles. The lowest BCUT2D eigenvalue weighted by Crippen LogP contribution is -2.26. The average Bonchev–Trinajstić information content (AvgIpc) is 2.89. The summed E-state index contributed by atoms with van der Waals surface area (Å²) in [4.78, 5) is 13.6. The van der Waals surface area contributed by atoms with Crippen LogP contribution in [0.2, 0.25) is 0 Å². The number of nitrogens with zero attached hydrogens (tertiary/aromatic N) is 1. The first-order valence-corrected chi connectivity index (χ1v) is 8.00. The van der Waals surface area contributed by atoms with Gasteiger partial charge in [-0.2, -0.15) is 0 Å². The first-order valence-electron chi connectivity index (χ1n) is 8.00. The van der Waals surface area contributed by atoms with Crippen LogP contribution in [0.1, 0.15) is 37.2 Å². The quantitative estimate of drug-likeness (QED) is 0.914. The third-order valence-corrected chi connectivity index (χ3v) is 4.67. The highest BCUT2D eigenvalue weighted by Crippen LogP contribution is 2.33. The van der Waals surface area contributed by atoms with E-state index in [1.165, 1.54) is 5.56 Å². The number of amides is 1. The smallest absolute Gasteiger partial charge is 0.414 e. The number of methoxy groups -OCH3 is 1. The van der Waals surface area contributed by atoms with E-state index in [2.05, 4.69) is 12.1 Å². The number of hydrogen-bond acceptors (Lipinski definition) is 4. The average molecular weight is 341 g/mol. The van der Waals surface area contributed by atoms with Crippen LogP contribution in [0.3, 0.4) is 0 Å². The van der Waals surface area contributed by atoms with Crippen LogP contribution >= 0.6 is 12.4 Å². The van der Waals surface area contributed by atoms with Crippen LogP contribution in [0.25, 0.3) is 0 Å². The van der Waals surface area contributed by atoms with E-state index in [1.54, 1.807) is 12.0 Å². The molecule has 1 unspecified atom stereocenters. The summed E-state index contributed by atoms with van der Waals surface area (Å²) in [6.45, 7) is 0.979. The summed E-state index contributed by atoms with van der Waals surface area (Å²) >= 11 is 0. The number of nitrogens with two attached hydrogens (primary N) is 1. The maximum atomic E-state index is 11.9. The molecule has 3 rings (SSSR count). The molecular formula is C17H25ClN2O3. The van der Waals surface area contributed by atoms with Crippen molar-refractivity contribution < 1.29 is 14.3 Å². The summed E-state index contributed by atoms with van der Waals surface area (Å²) in [5, 5.41) is 0. The Balaban J connectivity index is 0.00000192. The largest absolute Gasteiger partial charge is 0.441 e. The Morgan fingerprint density at radius 1 is 1.22 bits per heavy atom. The van der Waals surface area contributed by atoms with Gasteiger partial charge in [-0.05, 0) is 49.3 Å². The number of halogens is 1. The van der Waals surface area contributed by atoms with E-state index in [0.717, 1.165) is 31.4 Å². The predicted octanol–water partition coefficient (Wildman–Crippen LogP) is 3.06. The predicted molar refractivity (Wildman–Crippen MR) is 92.4 cm³/mol. The second kappa shape index (κ2) is 7.99. The van der Waals surface area contributed by atoms with Crippen LogP contribution in [-0.4, -0.2) is 38.5 Å².